The number of carbonyl (C=O) groups excluding carboxylic acids is 1. The Morgan fingerprint density at radius 2 is 2.13 bits per heavy atom. The van der Waals surface area contributed by atoms with Crippen molar-refractivity contribution in [2.75, 3.05) is 20.1 Å². The Hall–Kier alpha value is -0.850. The maximum absolute atomic E-state index is 12.9. The number of amides is 1. The number of likely N-dealkylation sites (tertiary alicyclic amines) is 1. The summed E-state index contributed by atoms with van der Waals surface area (Å²) in [6.45, 7) is -0.299. The standard InChI is InChI=1S/C8H12F4N2O/c1-13-3-6-2-5(9)4-14(6)7(15)8(10,11)12/h5-6,13H,2-4H2,1H3/t5-,6-/m0/s1. The minimum Gasteiger partial charge on any atom is -0.328 e. The average molecular weight is 228 g/mol. The molecule has 15 heavy (non-hydrogen) atoms. The van der Waals surface area contributed by atoms with Gasteiger partial charge in [0.15, 0.2) is 0 Å². The molecular weight excluding hydrogens is 216 g/mol. The summed E-state index contributed by atoms with van der Waals surface area (Å²) in [6.07, 6.45) is -6.33. The minimum atomic E-state index is -4.92. The fourth-order valence-corrected chi connectivity index (χ4v) is 1.70. The van der Waals surface area contributed by atoms with Crippen molar-refractivity contribution >= 4 is 5.91 Å². The van der Waals surface area contributed by atoms with Crippen LogP contribution >= 0.6 is 0 Å². The molecule has 1 rings (SSSR count). The van der Waals surface area contributed by atoms with E-state index in [9.17, 15) is 22.4 Å². The Balaban J connectivity index is 2.71. The molecule has 1 heterocycles. The van der Waals surface area contributed by atoms with Gasteiger partial charge in [-0.15, -0.1) is 0 Å². The summed E-state index contributed by atoms with van der Waals surface area (Å²) in [5.74, 6) is -1.96. The lowest BCUT2D eigenvalue weighted by molar-refractivity contribution is -0.186. The topological polar surface area (TPSA) is 32.3 Å². The van der Waals surface area contributed by atoms with Crippen molar-refractivity contribution in [2.45, 2.75) is 24.8 Å². The van der Waals surface area contributed by atoms with Crippen molar-refractivity contribution in [1.29, 1.82) is 0 Å². The van der Waals surface area contributed by atoms with Crippen molar-refractivity contribution in [3.8, 4) is 0 Å². The van der Waals surface area contributed by atoms with E-state index in [0.29, 0.717) is 4.90 Å². The fourth-order valence-electron chi connectivity index (χ4n) is 1.70. The average Bonchev–Trinajstić information content (AvgIpc) is 2.44. The summed E-state index contributed by atoms with van der Waals surface area (Å²) < 4.78 is 49.2. The van der Waals surface area contributed by atoms with E-state index in [4.69, 9.17) is 0 Å². The Labute approximate surface area is 84.4 Å². The zero-order valence-electron chi connectivity index (χ0n) is 8.14. The molecule has 2 atom stereocenters. The van der Waals surface area contributed by atoms with Crippen molar-refractivity contribution < 1.29 is 22.4 Å². The van der Waals surface area contributed by atoms with Gasteiger partial charge >= 0.3 is 12.1 Å². The molecule has 1 aliphatic rings. The summed E-state index contributed by atoms with van der Waals surface area (Å²) in [6, 6.07) is -0.709. The number of likely N-dealkylation sites (N-methyl/N-ethyl adjacent to an activating group) is 1. The molecule has 3 nitrogen and oxygen atoms in total. The van der Waals surface area contributed by atoms with E-state index in [-0.39, 0.29) is 13.0 Å². The summed E-state index contributed by atoms with van der Waals surface area (Å²) in [5, 5.41) is 2.64. The third kappa shape index (κ3) is 2.80. The predicted molar refractivity (Wildman–Crippen MR) is 45.0 cm³/mol. The van der Waals surface area contributed by atoms with Gasteiger partial charge in [0, 0.05) is 19.0 Å². The van der Waals surface area contributed by atoms with Crippen molar-refractivity contribution in [3.63, 3.8) is 0 Å². The first-order chi connectivity index (χ1) is 6.86. The van der Waals surface area contributed by atoms with Crippen LogP contribution in [-0.2, 0) is 4.79 Å². The number of rotatable bonds is 2. The molecule has 1 N–H and O–H groups in total. The number of nitrogens with one attached hydrogen (secondary N) is 1. The molecule has 0 aromatic heterocycles. The van der Waals surface area contributed by atoms with Crippen molar-refractivity contribution in [2.24, 2.45) is 0 Å². The van der Waals surface area contributed by atoms with Crippen LogP contribution in [0.1, 0.15) is 6.42 Å². The normalized spacial score (nSPS) is 27.1. The molecule has 0 bridgehead atoms. The van der Waals surface area contributed by atoms with E-state index in [1.807, 2.05) is 0 Å². The number of alkyl halides is 4. The molecule has 88 valence electrons. The van der Waals surface area contributed by atoms with Gasteiger partial charge < -0.3 is 10.2 Å². The summed E-state index contributed by atoms with van der Waals surface area (Å²) in [7, 11) is 1.54. The third-order valence-electron chi connectivity index (χ3n) is 2.31. The number of hydrogen-bond donors (Lipinski definition) is 1. The highest BCUT2D eigenvalue weighted by atomic mass is 19.4. The van der Waals surface area contributed by atoms with E-state index in [0.717, 1.165) is 0 Å². The van der Waals surface area contributed by atoms with Gasteiger partial charge in [0.25, 0.3) is 0 Å². The fraction of sp³-hybridized carbons (Fsp3) is 0.875. The maximum atomic E-state index is 12.9. The van der Waals surface area contributed by atoms with Crippen molar-refractivity contribution in [3.05, 3.63) is 0 Å². The van der Waals surface area contributed by atoms with Crippen LogP contribution in [0.15, 0.2) is 0 Å². The molecule has 1 aliphatic heterocycles. The van der Waals surface area contributed by atoms with Crippen LogP contribution in [0.4, 0.5) is 17.6 Å². The van der Waals surface area contributed by atoms with Gasteiger partial charge in [-0.25, -0.2) is 4.39 Å². The Morgan fingerprint density at radius 3 is 2.60 bits per heavy atom. The molecule has 1 amide bonds. The largest absolute Gasteiger partial charge is 0.471 e. The van der Waals surface area contributed by atoms with Crippen LogP contribution < -0.4 is 5.32 Å². The van der Waals surface area contributed by atoms with Crippen LogP contribution in [0.5, 0.6) is 0 Å². The van der Waals surface area contributed by atoms with Crippen molar-refractivity contribution in [1.82, 2.24) is 10.2 Å². The summed E-state index contributed by atoms with van der Waals surface area (Å²) >= 11 is 0. The molecular formula is C8H12F4N2O. The maximum Gasteiger partial charge on any atom is 0.471 e. The van der Waals surface area contributed by atoms with Crippen LogP contribution in [-0.4, -0.2) is 49.3 Å². The van der Waals surface area contributed by atoms with E-state index >= 15 is 0 Å². The third-order valence-corrected chi connectivity index (χ3v) is 2.31. The lowest BCUT2D eigenvalue weighted by Gasteiger charge is -2.24. The molecule has 0 unspecified atom stereocenters. The quantitative estimate of drug-likeness (QED) is 0.706. The highest BCUT2D eigenvalue weighted by molar-refractivity contribution is 5.82. The second-order valence-corrected chi connectivity index (χ2v) is 3.50. The highest BCUT2D eigenvalue weighted by Crippen LogP contribution is 2.26. The number of halogens is 4. The molecule has 7 heteroatoms. The number of carbonyl (C=O) groups is 1. The van der Waals surface area contributed by atoms with E-state index in [2.05, 4.69) is 5.32 Å². The van der Waals surface area contributed by atoms with Crippen LogP contribution in [0, 0.1) is 0 Å². The van der Waals surface area contributed by atoms with Crippen LogP contribution in [0.3, 0.4) is 0 Å². The zero-order chi connectivity index (χ0) is 11.6. The van der Waals surface area contributed by atoms with Gasteiger partial charge in [-0.1, -0.05) is 0 Å². The van der Waals surface area contributed by atoms with Gasteiger partial charge in [-0.2, -0.15) is 13.2 Å². The van der Waals surface area contributed by atoms with E-state index in [1.165, 1.54) is 0 Å². The molecule has 0 aromatic rings. The Kier molecular flexibility index (Phi) is 3.54. The number of nitrogens with zero attached hydrogens (tertiary/aromatic N) is 1. The first-order valence-electron chi connectivity index (χ1n) is 4.52. The molecule has 0 spiro atoms. The molecule has 0 radical (unpaired) electrons. The molecule has 0 aromatic carbocycles. The Bertz CT molecular complexity index is 243. The van der Waals surface area contributed by atoms with Gasteiger partial charge in [-0.05, 0) is 7.05 Å². The first-order valence-corrected chi connectivity index (χ1v) is 4.52. The summed E-state index contributed by atoms with van der Waals surface area (Å²) in [5.41, 5.74) is 0. The second-order valence-electron chi connectivity index (χ2n) is 3.50. The van der Waals surface area contributed by atoms with Crippen LogP contribution in [0.25, 0.3) is 0 Å². The molecule has 0 aliphatic carbocycles. The molecule has 1 saturated heterocycles. The smallest absolute Gasteiger partial charge is 0.328 e. The SMILES string of the molecule is CNC[C@@H]1C[C@H](F)CN1C(=O)C(F)(F)F. The number of hydrogen-bond acceptors (Lipinski definition) is 2. The predicted octanol–water partition coefficient (Wildman–Crippen LogP) is 0.707. The second kappa shape index (κ2) is 4.34. The minimum absolute atomic E-state index is 0.0390. The van der Waals surface area contributed by atoms with Crippen LogP contribution in [0.2, 0.25) is 0 Å². The van der Waals surface area contributed by atoms with Gasteiger partial charge in [0.2, 0.25) is 0 Å². The van der Waals surface area contributed by atoms with Gasteiger partial charge in [0.05, 0.1) is 6.54 Å². The lowest BCUT2D eigenvalue weighted by Crippen LogP contribution is -2.47. The molecule has 0 saturated carbocycles. The zero-order valence-corrected chi connectivity index (χ0v) is 8.14. The van der Waals surface area contributed by atoms with Gasteiger partial charge in [-0.3, -0.25) is 4.79 Å². The highest BCUT2D eigenvalue weighted by Gasteiger charge is 2.47. The summed E-state index contributed by atoms with van der Waals surface area (Å²) in [4.78, 5) is 11.5. The van der Waals surface area contributed by atoms with E-state index < -0.39 is 30.8 Å². The van der Waals surface area contributed by atoms with E-state index in [1.54, 1.807) is 7.05 Å². The first kappa shape index (κ1) is 12.2. The van der Waals surface area contributed by atoms with Gasteiger partial charge in [0.1, 0.15) is 6.17 Å². The molecule has 1 fully saturated rings. The Morgan fingerprint density at radius 1 is 1.53 bits per heavy atom. The lowest BCUT2D eigenvalue weighted by atomic mass is 10.2. The monoisotopic (exact) mass is 228 g/mol.